The van der Waals surface area contributed by atoms with Crippen molar-refractivity contribution >= 4 is 0 Å². The predicted octanol–water partition coefficient (Wildman–Crippen LogP) is 1.82. The molecule has 3 heteroatoms. The quantitative estimate of drug-likeness (QED) is 0.830. The Hall–Kier alpha value is -0.120. The second-order valence-electron chi connectivity index (χ2n) is 6.61. The number of nitrogens with two attached hydrogens (primary N) is 1. The molecule has 0 radical (unpaired) electrons. The molecule has 2 N–H and O–H groups in total. The van der Waals surface area contributed by atoms with Crippen LogP contribution in [0.4, 0.5) is 0 Å². The molecule has 3 nitrogen and oxygen atoms in total. The number of likely N-dealkylation sites (tertiary alicyclic amines) is 1. The molecule has 2 bridgehead atoms. The van der Waals surface area contributed by atoms with Gasteiger partial charge in [-0.15, -0.1) is 0 Å². The molecule has 0 aromatic rings. The molecule has 18 heavy (non-hydrogen) atoms. The minimum atomic E-state index is 0.478. The second kappa shape index (κ2) is 5.89. The average molecular weight is 251 g/mol. The third kappa shape index (κ3) is 2.89. The lowest BCUT2D eigenvalue weighted by Gasteiger charge is -2.48. The topological polar surface area (TPSA) is 32.5 Å². The summed E-state index contributed by atoms with van der Waals surface area (Å²) >= 11 is 0. The minimum absolute atomic E-state index is 0.478. The highest BCUT2D eigenvalue weighted by Gasteiger charge is 2.36. The Kier molecular flexibility index (Phi) is 4.22. The van der Waals surface area contributed by atoms with Crippen molar-refractivity contribution in [3.63, 3.8) is 0 Å². The first kappa shape index (κ1) is 12.9. The summed E-state index contributed by atoms with van der Waals surface area (Å²) in [5.41, 5.74) is 6.19. The van der Waals surface area contributed by atoms with Crippen LogP contribution < -0.4 is 5.73 Å². The third-order valence-corrected chi connectivity index (χ3v) is 5.29. The molecule has 3 heterocycles. The van der Waals surface area contributed by atoms with Crippen LogP contribution in [0.25, 0.3) is 0 Å². The van der Waals surface area contributed by atoms with Crippen molar-refractivity contribution in [1.82, 2.24) is 9.80 Å². The molecule has 2 unspecified atom stereocenters. The van der Waals surface area contributed by atoms with Crippen LogP contribution >= 0.6 is 0 Å². The van der Waals surface area contributed by atoms with E-state index in [1.807, 2.05) is 0 Å². The van der Waals surface area contributed by atoms with E-state index in [9.17, 15) is 0 Å². The van der Waals surface area contributed by atoms with Crippen LogP contribution in [0.1, 0.15) is 51.4 Å². The van der Waals surface area contributed by atoms with E-state index in [1.165, 1.54) is 77.5 Å². The highest BCUT2D eigenvalue weighted by Crippen LogP contribution is 2.33. The van der Waals surface area contributed by atoms with Crippen LogP contribution in [0, 0.1) is 0 Å². The summed E-state index contributed by atoms with van der Waals surface area (Å²) in [4.78, 5) is 5.48. The van der Waals surface area contributed by atoms with Crippen molar-refractivity contribution in [2.75, 3.05) is 26.2 Å². The molecule has 104 valence electrons. The van der Waals surface area contributed by atoms with Crippen molar-refractivity contribution in [1.29, 1.82) is 0 Å². The molecule has 0 aromatic heterocycles. The van der Waals surface area contributed by atoms with Gasteiger partial charge in [0.15, 0.2) is 0 Å². The fourth-order valence-corrected chi connectivity index (χ4v) is 4.33. The third-order valence-electron chi connectivity index (χ3n) is 5.29. The fraction of sp³-hybridized carbons (Fsp3) is 1.00. The summed E-state index contributed by atoms with van der Waals surface area (Å²) in [7, 11) is 0. The Morgan fingerprint density at radius 3 is 2.17 bits per heavy atom. The monoisotopic (exact) mass is 251 g/mol. The first-order valence-electron chi connectivity index (χ1n) is 8.06. The van der Waals surface area contributed by atoms with Crippen LogP contribution in [0.15, 0.2) is 0 Å². The maximum absolute atomic E-state index is 6.19. The van der Waals surface area contributed by atoms with Gasteiger partial charge in [-0.3, -0.25) is 4.90 Å². The van der Waals surface area contributed by atoms with Gasteiger partial charge in [-0.2, -0.15) is 0 Å². The predicted molar refractivity (Wildman–Crippen MR) is 75.6 cm³/mol. The van der Waals surface area contributed by atoms with E-state index in [1.54, 1.807) is 0 Å². The first-order valence-corrected chi connectivity index (χ1v) is 8.06. The molecule has 2 atom stereocenters. The Bertz CT molecular complexity index is 248. The van der Waals surface area contributed by atoms with Gasteiger partial charge in [0.1, 0.15) is 0 Å². The lowest BCUT2D eigenvalue weighted by molar-refractivity contribution is 0.0221. The number of hydrogen-bond donors (Lipinski definition) is 1. The first-order chi connectivity index (χ1) is 8.83. The minimum Gasteiger partial charge on any atom is -0.328 e. The highest BCUT2D eigenvalue weighted by atomic mass is 15.2. The SMILES string of the molecule is NC1CC2CCCC(C1)N2CCN1CCCCC1. The van der Waals surface area contributed by atoms with Crippen LogP contribution in [-0.2, 0) is 0 Å². The van der Waals surface area contributed by atoms with Gasteiger partial charge >= 0.3 is 0 Å². The molecule has 3 aliphatic rings. The number of fused-ring (bicyclic) bond motifs is 2. The van der Waals surface area contributed by atoms with Gasteiger partial charge in [-0.05, 0) is 51.6 Å². The van der Waals surface area contributed by atoms with Crippen molar-refractivity contribution in [2.24, 2.45) is 5.73 Å². The number of nitrogens with zero attached hydrogens (tertiary/aromatic N) is 2. The zero-order valence-electron chi connectivity index (χ0n) is 11.7. The van der Waals surface area contributed by atoms with E-state index in [-0.39, 0.29) is 0 Å². The van der Waals surface area contributed by atoms with Crippen molar-refractivity contribution in [3.05, 3.63) is 0 Å². The largest absolute Gasteiger partial charge is 0.328 e. The number of rotatable bonds is 3. The summed E-state index contributed by atoms with van der Waals surface area (Å²) in [6.45, 7) is 5.26. The van der Waals surface area contributed by atoms with Gasteiger partial charge in [0.25, 0.3) is 0 Å². The van der Waals surface area contributed by atoms with E-state index in [0.29, 0.717) is 6.04 Å². The van der Waals surface area contributed by atoms with E-state index >= 15 is 0 Å². The molecule has 3 aliphatic heterocycles. The summed E-state index contributed by atoms with van der Waals surface area (Å²) in [5, 5.41) is 0. The average Bonchev–Trinajstić information content (AvgIpc) is 2.37. The lowest BCUT2D eigenvalue weighted by atomic mass is 9.82. The van der Waals surface area contributed by atoms with E-state index < -0.39 is 0 Å². The summed E-state index contributed by atoms with van der Waals surface area (Å²) in [5.74, 6) is 0. The van der Waals surface area contributed by atoms with Crippen LogP contribution in [0.2, 0.25) is 0 Å². The van der Waals surface area contributed by atoms with Crippen molar-refractivity contribution in [2.45, 2.75) is 69.5 Å². The molecule has 0 aliphatic carbocycles. The fourth-order valence-electron chi connectivity index (χ4n) is 4.33. The Morgan fingerprint density at radius 1 is 0.833 bits per heavy atom. The maximum Gasteiger partial charge on any atom is 0.0115 e. The molecule has 3 fully saturated rings. The maximum atomic E-state index is 6.19. The summed E-state index contributed by atoms with van der Waals surface area (Å²) in [6, 6.07) is 2.08. The van der Waals surface area contributed by atoms with Crippen LogP contribution in [-0.4, -0.2) is 54.1 Å². The molecule has 3 saturated heterocycles. The standard InChI is InChI=1S/C15H29N3/c16-13-11-14-5-4-6-15(12-13)18(14)10-9-17-7-2-1-3-8-17/h13-15H,1-12,16H2. The van der Waals surface area contributed by atoms with E-state index in [4.69, 9.17) is 5.73 Å². The molecular formula is C15H29N3. The van der Waals surface area contributed by atoms with Crippen molar-refractivity contribution < 1.29 is 0 Å². The molecular weight excluding hydrogens is 222 g/mol. The normalized spacial score (nSPS) is 38.8. The van der Waals surface area contributed by atoms with Gasteiger partial charge < -0.3 is 10.6 Å². The van der Waals surface area contributed by atoms with Gasteiger partial charge in [0.2, 0.25) is 0 Å². The Morgan fingerprint density at radius 2 is 1.50 bits per heavy atom. The van der Waals surface area contributed by atoms with E-state index in [2.05, 4.69) is 9.80 Å². The van der Waals surface area contributed by atoms with Crippen LogP contribution in [0.3, 0.4) is 0 Å². The van der Waals surface area contributed by atoms with Gasteiger partial charge in [-0.25, -0.2) is 0 Å². The molecule has 0 spiro atoms. The number of hydrogen-bond acceptors (Lipinski definition) is 3. The highest BCUT2D eigenvalue weighted by molar-refractivity contribution is 4.94. The zero-order valence-corrected chi connectivity index (χ0v) is 11.7. The van der Waals surface area contributed by atoms with E-state index in [0.717, 1.165) is 12.1 Å². The van der Waals surface area contributed by atoms with Crippen molar-refractivity contribution in [3.8, 4) is 0 Å². The molecule has 0 saturated carbocycles. The van der Waals surface area contributed by atoms with Crippen LogP contribution in [0.5, 0.6) is 0 Å². The summed E-state index contributed by atoms with van der Waals surface area (Å²) < 4.78 is 0. The molecule has 3 rings (SSSR count). The Balaban J connectivity index is 1.51. The second-order valence-corrected chi connectivity index (χ2v) is 6.61. The van der Waals surface area contributed by atoms with Gasteiger partial charge in [0, 0.05) is 31.2 Å². The van der Waals surface area contributed by atoms with Gasteiger partial charge in [-0.1, -0.05) is 12.8 Å². The smallest absolute Gasteiger partial charge is 0.0115 e. The zero-order chi connectivity index (χ0) is 12.4. The lowest BCUT2D eigenvalue weighted by Crippen LogP contribution is -2.56. The van der Waals surface area contributed by atoms with Gasteiger partial charge in [0.05, 0.1) is 0 Å². The molecule has 0 amide bonds. The number of piperidine rings is 3. The molecule has 0 aromatic carbocycles. The Labute approximate surface area is 112 Å². The summed E-state index contributed by atoms with van der Waals surface area (Å²) in [6.07, 6.45) is 11.0.